The largest absolute Gasteiger partial charge is 0.460 e. The first-order chi connectivity index (χ1) is 13.3. The van der Waals surface area contributed by atoms with Crippen LogP contribution in [0.15, 0.2) is 33.3 Å². The third kappa shape index (κ3) is 4.48. The number of aromatic nitrogens is 1. The lowest BCUT2D eigenvalue weighted by molar-refractivity contribution is 0.0490. The van der Waals surface area contributed by atoms with Crippen LogP contribution in [0.25, 0.3) is 0 Å². The summed E-state index contributed by atoms with van der Waals surface area (Å²) in [7, 11) is -3.68. The number of sulfonamides is 1. The van der Waals surface area contributed by atoms with Crippen molar-refractivity contribution in [3.05, 3.63) is 49.5 Å². The van der Waals surface area contributed by atoms with Crippen LogP contribution in [0.4, 0.5) is 0 Å². The van der Waals surface area contributed by atoms with Crippen molar-refractivity contribution in [1.29, 1.82) is 0 Å². The molecular formula is C18H21ClN2O5S2. The van der Waals surface area contributed by atoms with Crippen LogP contribution in [0.3, 0.4) is 0 Å². The van der Waals surface area contributed by atoms with Crippen LogP contribution in [-0.4, -0.2) is 43.0 Å². The molecule has 1 aliphatic rings. The van der Waals surface area contributed by atoms with E-state index in [1.54, 1.807) is 12.3 Å². The summed E-state index contributed by atoms with van der Waals surface area (Å²) in [6, 6.07) is 4.05. The third-order valence-electron chi connectivity index (χ3n) is 4.64. The highest BCUT2D eigenvalue weighted by atomic mass is 35.5. The molecule has 0 radical (unpaired) electrons. The minimum Gasteiger partial charge on any atom is -0.460 e. The highest BCUT2D eigenvalue weighted by Gasteiger charge is 2.27. The van der Waals surface area contributed by atoms with Gasteiger partial charge in [0, 0.05) is 24.2 Å². The van der Waals surface area contributed by atoms with Crippen molar-refractivity contribution < 1.29 is 17.9 Å². The Balaban J connectivity index is 1.73. The zero-order valence-corrected chi connectivity index (χ0v) is 17.8. The fourth-order valence-electron chi connectivity index (χ4n) is 3.06. The van der Waals surface area contributed by atoms with E-state index < -0.39 is 16.0 Å². The van der Waals surface area contributed by atoms with Crippen LogP contribution < -0.4 is 4.87 Å². The lowest BCUT2D eigenvalue weighted by Gasteiger charge is -2.26. The van der Waals surface area contributed by atoms with E-state index in [-0.39, 0.29) is 33.5 Å². The molecule has 152 valence electrons. The Morgan fingerprint density at radius 1 is 1.25 bits per heavy atom. The third-order valence-corrected chi connectivity index (χ3v) is 7.74. The molecular weight excluding hydrogens is 424 g/mol. The van der Waals surface area contributed by atoms with Gasteiger partial charge in [-0.1, -0.05) is 29.4 Å². The Hall–Kier alpha value is -1.68. The van der Waals surface area contributed by atoms with Crippen molar-refractivity contribution in [2.75, 3.05) is 19.7 Å². The van der Waals surface area contributed by atoms with Crippen molar-refractivity contribution >= 4 is 38.9 Å². The highest BCUT2D eigenvalue weighted by Crippen LogP contribution is 2.25. The average molecular weight is 445 g/mol. The lowest BCUT2D eigenvalue weighted by Crippen LogP contribution is -2.35. The number of benzene rings is 1. The van der Waals surface area contributed by atoms with E-state index in [0.717, 1.165) is 36.3 Å². The van der Waals surface area contributed by atoms with E-state index in [2.05, 4.69) is 0 Å². The van der Waals surface area contributed by atoms with Gasteiger partial charge >= 0.3 is 10.8 Å². The smallest absolute Gasteiger partial charge is 0.339 e. The number of rotatable bonds is 6. The Morgan fingerprint density at radius 2 is 1.96 bits per heavy atom. The van der Waals surface area contributed by atoms with Crippen LogP contribution >= 0.6 is 22.9 Å². The summed E-state index contributed by atoms with van der Waals surface area (Å²) >= 11 is 7.17. The van der Waals surface area contributed by atoms with Gasteiger partial charge in [-0.15, -0.1) is 0 Å². The molecule has 1 aliphatic heterocycles. The van der Waals surface area contributed by atoms with Gasteiger partial charge in [0.15, 0.2) is 0 Å². The normalized spacial score (nSPS) is 15.5. The average Bonchev–Trinajstić information content (AvgIpc) is 3.00. The van der Waals surface area contributed by atoms with E-state index in [0.29, 0.717) is 13.1 Å². The first-order valence-corrected chi connectivity index (χ1v) is 11.6. The number of ether oxygens (including phenoxy) is 1. The second-order valence-electron chi connectivity index (χ2n) is 6.54. The van der Waals surface area contributed by atoms with Crippen LogP contribution in [0.1, 0.15) is 35.3 Å². The summed E-state index contributed by atoms with van der Waals surface area (Å²) in [6.07, 6.45) is 2.66. The van der Waals surface area contributed by atoms with Gasteiger partial charge in [-0.3, -0.25) is 9.36 Å². The molecule has 0 N–H and O–H groups in total. The second kappa shape index (κ2) is 8.77. The maximum absolute atomic E-state index is 12.8. The molecule has 2 aromatic rings. The number of thiazole rings is 1. The van der Waals surface area contributed by atoms with Gasteiger partial charge in [0.05, 0.1) is 22.0 Å². The van der Waals surface area contributed by atoms with E-state index >= 15 is 0 Å². The van der Waals surface area contributed by atoms with Crippen LogP contribution in [0.5, 0.6) is 0 Å². The molecule has 1 saturated heterocycles. The number of carbonyl (C=O) groups excluding carboxylic acids is 1. The molecule has 0 amide bonds. The number of piperidine rings is 1. The molecule has 0 atom stereocenters. The first-order valence-electron chi connectivity index (χ1n) is 8.92. The van der Waals surface area contributed by atoms with E-state index in [9.17, 15) is 18.0 Å². The number of hydrogen-bond acceptors (Lipinski definition) is 6. The highest BCUT2D eigenvalue weighted by molar-refractivity contribution is 7.89. The maximum Gasteiger partial charge on any atom is 0.339 e. The molecule has 3 rings (SSSR count). The van der Waals surface area contributed by atoms with Crippen molar-refractivity contribution in [3.8, 4) is 0 Å². The minimum atomic E-state index is -3.68. The van der Waals surface area contributed by atoms with Crippen LogP contribution in [0, 0.1) is 6.92 Å². The number of nitrogens with zero attached hydrogens (tertiary/aromatic N) is 2. The second-order valence-corrected chi connectivity index (χ2v) is 9.70. The lowest BCUT2D eigenvalue weighted by atomic mass is 10.2. The molecule has 2 heterocycles. The molecule has 0 spiro atoms. The Bertz CT molecular complexity index is 1020. The molecule has 10 heteroatoms. The fourth-order valence-corrected chi connectivity index (χ4v) is 5.56. The molecule has 1 aromatic carbocycles. The zero-order chi connectivity index (χ0) is 20.3. The summed E-state index contributed by atoms with van der Waals surface area (Å²) in [5, 5.41) is 1.85. The molecule has 7 nitrogen and oxygen atoms in total. The molecule has 0 saturated carbocycles. The van der Waals surface area contributed by atoms with E-state index in [4.69, 9.17) is 16.3 Å². The van der Waals surface area contributed by atoms with Gasteiger partial charge in [-0.05, 0) is 38.0 Å². The SMILES string of the molecule is Cc1csc(=O)n1CCOC(=O)c1cc(S(=O)(=O)N2CCCCC2)ccc1Cl. The molecule has 1 fully saturated rings. The monoisotopic (exact) mass is 444 g/mol. The standard InChI is InChI=1S/C18H21ClN2O5S2/c1-13-12-27-18(23)21(13)9-10-26-17(22)15-11-14(5-6-16(15)19)28(24,25)20-7-3-2-4-8-20/h5-6,11-12H,2-4,7-10H2,1H3. The topological polar surface area (TPSA) is 85.7 Å². The number of aryl methyl sites for hydroxylation is 1. The Kier molecular flexibility index (Phi) is 6.59. The first kappa shape index (κ1) is 21.0. The summed E-state index contributed by atoms with van der Waals surface area (Å²) in [5.41, 5.74) is 0.785. The number of halogens is 1. The van der Waals surface area contributed by atoms with Gasteiger partial charge in [0.1, 0.15) is 6.61 Å². The molecule has 28 heavy (non-hydrogen) atoms. The summed E-state index contributed by atoms with van der Waals surface area (Å²) in [6.45, 7) is 2.95. The Morgan fingerprint density at radius 3 is 2.61 bits per heavy atom. The number of esters is 1. The summed E-state index contributed by atoms with van der Waals surface area (Å²) < 4.78 is 33.8. The van der Waals surface area contributed by atoms with Crippen molar-refractivity contribution in [2.45, 2.75) is 37.6 Å². The fraction of sp³-hybridized carbons (Fsp3) is 0.444. The van der Waals surface area contributed by atoms with Gasteiger partial charge in [0.25, 0.3) is 0 Å². The van der Waals surface area contributed by atoms with Gasteiger partial charge in [0.2, 0.25) is 10.0 Å². The Labute approximate surface area is 172 Å². The summed E-state index contributed by atoms with van der Waals surface area (Å²) in [5.74, 6) is -0.721. The van der Waals surface area contributed by atoms with Crippen LogP contribution in [0.2, 0.25) is 5.02 Å². The molecule has 0 bridgehead atoms. The summed E-state index contributed by atoms with van der Waals surface area (Å²) in [4.78, 5) is 24.0. The quantitative estimate of drug-likeness (QED) is 0.639. The maximum atomic E-state index is 12.8. The van der Waals surface area contributed by atoms with Crippen LogP contribution in [-0.2, 0) is 21.3 Å². The van der Waals surface area contributed by atoms with Crippen molar-refractivity contribution in [2.24, 2.45) is 0 Å². The molecule has 0 unspecified atom stereocenters. The van der Waals surface area contributed by atoms with E-state index in [1.807, 2.05) is 0 Å². The molecule has 1 aromatic heterocycles. The number of carbonyl (C=O) groups is 1. The van der Waals surface area contributed by atoms with Crippen molar-refractivity contribution in [3.63, 3.8) is 0 Å². The van der Waals surface area contributed by atoms with Gasteiger partial charge < -0.3 is 4.74 Å². The minimum absolute atomic E-state index is 0.00543. The van der Waals surface area contributed by atoms with Crippen molar-refractivity contribution in [1.82, 2.24) is 8.87 Å². The molecule has 0 aliphatic carbocycles. The predicted molar refractivity (Wildman–Crippen MR) is 108 cm³/mol. The zero-order valence-electron chi connectivity index (χ0n) is 15.4. The van der Waals surface area contributed by atoms with Gasteiger partial charge in [-0.2, -0.15) is 4.31 Å². The van der Waals surface area contributed by atoms with E-state index in [1.165, 1.54) is 27.1 Å². The predicted octanol–water partition coefficient (Wildman–Crippen LogP) is 2.90. The van der Waals surface area contributed by atoms with Gasteiger partial charge in [-0.25, -0.2) is 13.2 Å². The number of hydrogen-bond donors (Lipinski definition) is 0.